The molecule has 0 aliphatic heterocycles. The number of aliphatic hydroxyl groups excluding tert-OH is 1. The summed E-state index contributed by atoms with van der Waals surface area (Å²) in [6, 6.07) is 0. The second-order valence-corrected chi connectivity index (χ2v) is 3.81. The summed E-state index contributed by atoms with van der Waals surface area (Å²) in [6.07, 6.45) is 20.7. The van der Waals surface area contributed by atoms with Crippen LogP contribution in [0.15, 0.2) is 48.6 Å². The first-order valence-electron chi connectivity index (χ1n) is 6.05. The largest absolute Gasteiger partial charge is 0.376 e. The number of unbranched alkanes of at least 4 members (excludes halogenated alkanes) is 3. The second kappa shape index (κ2) is 11.0. The fraction of sp³-hybridized carbons (Fsp3) is 0.375. The lowest BCUT2D eigenvalue weighted by molar-refractivity contribution is 0.273. The monoisotopic (exact) mass is 230 g/mol. The molecule has 1 heteroatoms. The van der Waals surface area contributed by atoms with Crippen molar-refractivity contribution in [1.29, 1.82) is 0 Å². The molecule has 0 aromatic heterocycles. The minimum atomic E-state index is -0.885. The van der Waals surface area contributed by atoms with Crippen molar-refractivity contribution in [3.05, 3.63) is 48.6 Å². The Kier molecular flexibility index (Phi) is 10.00. The zero-order chi connectivity index (χ0) is 12.9. The lowest BCUT2D eigenvalue weighted by Gasteiger charge is -1.99. The molecular weight excluding hydrogens is 208 g/mol. The smallest absolute Gasteiger partial charge is 0.139 e. The third kappa shape index (κ3) is 9.41. The van der Waals surface area contributed by atoms with Crippen LogP contribution >= 0.6 is 0 Å². The Hall–Kier alpha value is -1.52. The number of hydrogen-bond acceptors (Lipinski definition) is 1. The predicted molar refractivity (Wildman–Crippen MR) is 75.5 cm³/mol. The van der Waals surface area contributed by atoms with E-state index in [0.717, 1.165) is 6.42 Å². The molecule has 0 spiro atoms. The van der Waals surface area contributed by atoms with Gasteiger partial charge in [-0.2, -0.15) is 0 Å². The van der Waals surface area contributed by atoms with Gasteiger partial charge in [0.1, 0.15) is 6.10 Å². The Balaban J connectivity index is 3.77. The molecule has 0 radical (unpaired) electrons. The maximum Gasteiger partial charge on any atom is 0.139 e. The predicted octanol–water partition coefficient (Wildman–Crippen LogP) is 3.79. The van der Waals surface area contributed by atoms with E-state index in [1.165, 1.54) is 19.3 Å². The van der Waals surface area contributed by atoms with Crippen molar-refractivity contribution in [2.24, 2.45) is 0 Å². The lowest BCUT2D eigenvalue weighted by Crippen LogP contribution is -2.02. The van der Waals surface area contributed by atoms with Gasteiger partial charge in [-0.15, -0.1) is 6.42 Å². The van der Waals surface area contributed by atoms with E-state index in [1.54, 1.807) is 6.08 Å². The fourth-order valence-corrected chi connectivity index (χ4v) is 1.19. The highest BCUT2D eigenvalue weighted by molar-refractivity contribution is 5.28. The molecule has 17 heavy (non-hydrogen) atoms. The van der Waals surface area contributed by atoms with E-state index in [0.29, 0.717) is 5.57 Å². The molecule has 0 amide bonds. The van der Waals surface area contributed by atoms with Crippen LogP contribution in [-0.4, -0.2) is 11.2 Å². The summed E-state index contributed by atoms with van der Waals surface area (Å²) in [7, 11) is 0. The first-order chi connectivity index (χ1) is 8.22. The van der Waals surface area contributed by atoms with Crippen molar-refractivity contribution in [2.45, 2.75) is 38.7 Å². The fourth-order valence-electron chi connectivity index (χ4n) is 1.19. The molecule has 0 aromatic carbocycles. The van der Waals surface area contributed by atoms with Gasteiger partial charge in [-0.1, -0.05) is 68.7 Å². The van der Waals surface area contributed by atoms with Crippen LogP contribution in [0.2, 0.25) is 0 Å². The SMILES string of the molecule is C#CC(O)C(=C)C=CC=CC=CCCCCC. The number of allylic oxidation sites excluding steroid dienone is 5. The maximum atomic E-state index is 9.22. The molecule has 1 atom stereocenters. The first-order valence-corrected chi connectivity index (χ1v) is 6.05. The van der Waals surface area contributed by atoms with Crippen LogP contribution in [0.3, 0.4) is 0 Å². The van der Waals surface area contributed by atoms with Crippen molar-refractivity contribution in [1.82, 2.24) is 0 Å². The normalized spacial score (nSPS) is 13.5. The Morgan fingerprint density at radius 2 is 2.00 bits per heavy atom. The zero-order valence-corrected chi connectivity index (χ0v) is 10.6. The Bertz CT molecular complexity index is 326. The number of terminal acetylenes is 1. The van der Waals surface area contributed by atoms with Gasteiger partial charge < -0.3 is 5.11 Å². The van der Waals surface area contributed by atoms with Gasteiger partial charge in [0.05, 0.1) is 0 Å². The second-order valence-electron chi connectivity index (χ2n) is 3.81. The summed E-state index contributed by atoms with van der Waals surface area (Å²) in [5.74, 6) is 2.21. The summed E-state index contributed by atoms with van der Waals surface area (Å²) >= 11 is 0. The van der Waals surface area contributed by atoms with Gasteiger partial charge >= 0.3 is 0 Å². The van der Waals surface area contributed by atoms with Crippen molar-refractivity contribution in [2.75, 3.05) is 0 Å². The van der Waals surface area contributed by atoms with Gasteiger partial charge in [0.15, 0.2) is 0 Å². The highest BCUT2D eigenvalue weighted by Gasteiger charge is 1.97. The van der Waals surface area contributed by atoms with Gasteiger partial charge in [0, 0.05) is 0 Å². The molecule has 1 unspecified atom stereocenters. The summed E-state index contributed by atoms with van der Waals surface area (Å²) in [6.45, 7) is 5.86. The maximum absolute atomic E-state index is 9.22. The molecule has 0 aliphatic rings. The average molecular weight is 230 g/mol. The molecule has 92 valence electrons. The van der Waals surface area contributed by atoms with Crippen LogP contribution < -0.4 is 0 Å². The quantitative estimate of drug-likeness (QED) is 0.382. The summed E-state index contributed by atoms with van der Waals surface area (Å²) in [4.78, 5) is 0. The summed E-state index contributed by atoms with van der Waals surface area (Å²) in [5.41, 5.74) is 0.532. The molecule has 0 aromatic rings. The van der Waals surface area contributed by atoms with E-state index in [9.17, 15) is 5.11 Å². The molecule has 0 bridgehead atoms. The van der Waals surface area contributed by atoms with Crippen LogP contribution in [0.25, 0.3) is 0 Å². The lowest BCUT2D eigenvalue weighted by atomic mass is 10.1. The average Bonchev–Trinajstić information content (AvgIpc) is 2.35. The molecule has 0 rings (SSSR count). The van der Waals surface area contributed by atoms with Crippen LogP contribution in [0, 0.1) is 12.3 Å². The number of hydrogen-bond donors (Lipinski definition) is 1. The van der Waals surface area contributed by atoms with Crippen molar-refractivity contribution in [3.63, 3.8) is 0 Å². The van der Waals surface area contributed by atoms with Crippen molar-refractivity contribution >= 4 is 0 Å². The highest BCUT2D eigenvalue weighted by atomic mass is 16.3. The topological polar surface area (TPSA) is 20.2 Å². The third-order valence-corrected chi connectivity index (χ3v) is 2.26. The molecule has 0 saturated carbocycles. The van der Waals surface area contributed by atoms with Gasteiger partial charge in [0.25, 0.3) is 0 Å². The van der Waals surface area contributed by atoms with Crippen LogP contribution in [0.4, 0.5) is 0 Å². The van der Waals surface area contributed by atoms with Crippen LogP contribution in [-0.2, 0) is 0 Å². The molecule has 1 N–H and O–H groups in total. The van der Waals surface area contributed by atoms with Crippen LogP contribution in [0.5, 0.6) is 0 Å². The molecule has 0 fully saturated rings. The Morgan fingerprint density at radius 1 is 1.29 bits per heavy atom. The molecule has 0 aliphatic carbocycles. The van der Waals surface area contributed by atoms with E-state index in [2.05, 4.69) is 25.5 Å². The summed E-state index contributed by atoms with van der Waals surface area (Å²) in [5, 5.41) is 9.22. The Labute approximate surface area is 105 Å². The molecule has 1 nitrogen and oxygen atoms in total. The highest BCUT2D eigenvalue weighted by Crippen LogP contribution is 2.01. The van der Waals surface area contributed by atoms with E-state index >= 15 is 0 Å². The van der Waals surface area contributed by atoms with E-state index in [4.69, 9.17) is 6.42 Å². The number of aliphatic hydroxyl groups is 1. The number of rotatable bonds is 8. The summed E-state index contributed by atoms with van der Waals surface area (Å²) < 4.78 is 0. The Morgan fingerprint density at radius 3 is 2.65 bits per heavy atom. The standard InChI is InChI=1S/C16H22O/c1-4-6-7-8-9-10-11-12-13-14-15(3)16(17)5-2/h2,9-14,16-17H,3-4,6-8H2,1H3. The zero-order valence-electron chi connectivity index (χ0n) is 10.6. The van der Waals surface area contributed by atoms with Crippen molar-refractivity contribution < 1.29 is 5.11 Å². The molecular formula is C16H22O. The van der Waals surface area contributed by atoms with E-state index in [-0.39, 0.29) is 0 Å². The first kappa shape index (κ1) is 15.5. The van der Waals surface area contributed by atoms with E-state index in [1.807, 2.05) is 24.3 Å². The third-order valence-electron chi connectivity index (χ3n) is 2.26. The van der Waals surface area contributed by atoms with Gasteiger partial charge in [-0.25, -0.2) is 0 Å². The van der Waals surface area contributed by atoms with Crippen molar-refractivity contribution in [3.8, 4) is 12.3 Å². The van der Waals surface area contributed by atoms with Gasteiger partial charge in [-0.05, 0) is 18.4 Å². The van der Waals surface area contributed by atoms with Gasteiger partial charge in [-0.3, -0.25) is 0 Å². The minimum absolute atomic E-state index is 0.532. The van der Waals surface area contributed by atoms with Gasteiger partial charge in [0.2, 0.25) is 0 Å². The minimum Gasteiger partial charge on any atom is -0.376 e. The van der Waals surface area contributed by atoms with E-state index < -0.39 is 6.10 Å². The molecule has 0 saturated heterocycles. The van der Waals surface area contributed by atoms with Crippen LogP contribution in [0.1, 0.15) is 32.6 Å². The molecule has 0 heterocycles.